The molecular weight excluding hydrogens is 290 g/mol. The van der Waals surface area contributed by atoms with Gasteiger partial charge in [0.15, 0.2) is 0 Å². The molecule has 0 aliphatic heterocycles. The molecule has 6 nitrogen and oxygen atoms in total. The molecule has 23 heavy (non-hydrogen) atoms. The van der Waals surface area contributed by atoms with Gasteiger partial charge in [0.05, 0.1) is 10.9 Å². The Labute approximate surface area is 131 Å². The van der Waals surface area contributed by atoms with Gasteiger partial charge in [-0.3, -0.25) is 9.78 Å². The zero-order valence-corrected chi connectivity index (χ0v) is 12.3. The van der Waals surface area contributed by atoms with E-state index in [-0.39, 0.29) is 5.56 Å². The Kier molecular flexibility index (Phi) is 3.17. The van der Waals surface area contributed by atoms with Gasteiger partial charge in [0.25, 0.3) is 5.56 Å². The number of aromatic nitrogens is 4. The van der Waals surface area contributed by atoms with E-state index >= 15 is 0 Å². The van der Waals surface area contributed by atoms with Crippen LogP contribution in [0.5, 0.6) is 0 Å². The summed E-state index contributed by atoms with van der Waals surface area (Å²) >= 11 is 0. The largest absolute Gasteiger partial charge is 0.361 e. The summed E-state index contributed by atoms with van der Waals surface area (Å²) in [5.41, 5.74) is 9.03. The second-order valence-corrected chi connectivity index (χ2v) is 5.39. The van der Waals surface area contributed by atoms with Crippen LogP contribution in [0, 0.1) is 0 Å². The smallest absolute Gasteiger partial charge is 0.259 e. The van der Waals surface area contributed by atoms with Crippen molar-refractivity contribution in [3.05, 3.63) is 58.8 Å². The fraction of sp³-hybridized carbons (Fsp3) is 0.118. The molecule has 4 rings (SSSR count). The molecule has 0 unspecified atom stereocenters. The molecule has 0 saturated carbocycles. The number of benzene rings is 1. The highest BCUT2D eigenvalue weighted by Crippen LogP contribution is 2.26. The van der Waals surface area contributed by atoms with Crippen molar-refractivity contribution in [2.24, 2.45) is 5.73 Å². The fourth-order valence-electron chi connectivity index (χ4n) is 2.88. The van der Waals surface area contributed by atoms with Crippen LogP contribution >= 0.6 is 0 Å². The van der Waals surface area contributed by atoms with Gasteiger partial charge in [-0.15, -0.1) is 0 Å². The number of hydrogen-bond acceptors (Lipinski definition) is 4. The first-order chi connectivity index (χ1) is 11.3. The maximum atomic E-state index is 12.5. The number of H-pyrrole nitrogens is 2. The molecule has 0 aliphatic rings. The van der Waals surface area contributed by atoms with E-state index in [2.05, 4.69) is 15.0 Å². The molecule has 0 radical (unpaired) electrons. The molecule has 0 spiro atoms. The van der Waals surface area contributed by atoms with Crippen molar-refractivity contribution < 1.29 is 0 Å². The van der Waals surface area contributed by atoms with Gasteiger partial charge < -0.3 is 15.7 Å². The van der Waals surface area contributed by atoms with E-state index in [0.29, 0.717) is 23.3 Å². The summed E-state index contributed by atoms with van der Waals surface area (Å²) in [4.78, 5) is 27.3. The first-order valence-electron chi connectivity index (χ1n) is 7.41. The minimum Gasteiger partial charge on any atom is -0.361 e. The van der Waals surface area contributed by atoms with Crippen LogP contribution < -0.4 is 11.3 Å². The minimum absolute atomic E-state index is 0.157. The van der Waals surface area contributed by atoms with Crippen LogP contribution in [-0.4, -0.2) is 26.5 Å². The van der Waals surface area contributed by atoms with Crippen LogP contribution in [-0.2, 0) is 6.42 Å². The third-order valence-corrected chi connectivity index (χ3v) is 3.95. The van der Waals surface area contributed by atoms with Crippen LogP contribution in [0.25, 0.3) is 33.2 Å². The van der Waals surface area contributed by atoms with Gasteiger partial charge in [-0.25, -0.2) is 4.98 Å². The standard InChI is InChI=1S/C17H15N5O/c18-6-5-10-9-20-13-4-3-12-15(14(10)13)21-16(22-17(12)23)11-2-1-7-19-8-11/h1-4,7-9,20H,5-6,18H2,(H,21,22,23). The summed E-state index contributed by atoms with van der Waals surface area (Å²) in [6, 6.07) is 7.38. The Morgan fingerprint density at radius 1 is 1.22 bits per heavy atom. The summed E-state index contributed by atoms with van der Waals surface area (Å²) in [6.07, 6.45) is 6.04. The number of nitrogens with two attached hydrogens (primary N) is 1. The summed E-state index contributed by atoms with van der Waals surface area (Å²) in [7, 11) is 0. The van der Waals surface area contributed by atoms with Crippen molar-refractivity contribution in [3.8, 4) is 11.4 Å². The molecule has 1 aromatic carbocycles. The van der Waals surface area contributed by atoms with Crippen molar-refractivity contribution in [1.82, 2.24) is 19.9 Å². The van der Waals surface area contributed by atoms with Gasteiger partial charge in [-0.05, 0) is 42.8 Å². The van der Waals surface area contributed by atoms with Gasteiger partial charge >= 0.3 is 0 Å². The second kappa shape index (κ2) is 5.33. The lowest BCUT2D eigenvalue weighted by Crippen LogP contribution is -2.10. The number of rotatable bonds is 3. The summed E-state index contributed by atoms with van der Waals surface area (Å²) in [5, 5.41) is 1.53. The van der Waals surface area contributed by atoms with E-state index in [0.717, 1.165) is 28.5 Å². The van der Waals surface area contributed by atoms with Gasteiger partial charge in [0, 0.05) is 35.1 Å². The predicted molar refractivity (Wildman–Crippen MR) is 90.2 cm³/mol. The molecule has 3 heterocycles. The van der Waals surface area contributed by atoms with Crippen LogP contribution in [0.15, 0.2) is 47.7 Å². The first kappa shape index (κ1) is 13.7. The fourth-order valence-corrected chi connectivity index (χ4v) is 2.88. The Morgan fingerprint density at radius 2 is 2.13 bits per heavy atom. The quantitative estimate of drug-likeness (QED) is 0.538. The lowest BCUT2D eigenvalue weighted by molar-refractivity contribution is 0.976. The monoisotopic (exact) mass is 305 g/mol. The lowest BCUT2D eigenvalue weighted by Gasteiger charge is -2.05. The van der Waals surface area contributed by atoms with Crippen LogP contribution in [0.2, 0.25) is 0 Å². The number of pyridine rings is 1. The molecule has 0 aliphatic carbocycles. The average Bonchev–Trinajstić information content (AvgIpc) is 2.99. The normalized spacial score (nSPS) is 11.3. The maximum absolute atomic E-state index is 12.5. The molecule has 0 saturated heterocycles. The average molecular weight is 305 g/mol. The van der Waals surface area contributed by atoms with Crippen molar-refractivity contribution >= 4 is 21.8 Å². The minimum atomic E-state index is -0.157. The van der Waals surface area contributed by atoms with Crippen LogP contribution in [0.1, 0.15) is 5.56 Å². The number of nitrogens with zero attached hydrogens (tertiary/aromatic N) is 2. The maximum Gasteiger partial charge on any atom is 0.259 e. The van der Waals surface area contributed by atoms with E-state index in [1.807, 2.05) is 24.4 Å². The number of fused-ring (bicyclic) bond motifs is 3. The third kappa shape index (κ3) is 2.20. The molecule has 114 valence electrons. The van der Waals surface area contributed by atoms with E-state index in [4.69, 9.17) is 10.7 Å². The van der Waals surface area contributed by atoms with Gasteiger partial charge in [0.1, 0.15) is 5.82 Å². The Hall–Kier alpha value is -2.99. The second-order valence-electron chi connectivity index (χ2n) is 5.39. The molecule has 6 heteroatoms. The highest BCUT2D eigenvalue weighted by Gasteiger charge is 2.13. The molecule has 0 fully saturated rings. The molecule has 3 aromatic heterocycles. The van der Waals surface area contributed by atoms with E-state index in [9.17, 15) is 4.79 Å². The zero-order chi connectivity index (χ0) is 15.8. The topological polar surface area (TPSA) is 100 Å². The molecule has 4 N–H and O–H groups in total. The van der Waals surface area contributed by atoms with Crippen LogP contribution in [0.4, 0.5) is 0 Å². The third-order valence-electron chi connectivity index (χ3n) is 3.95. The van der Waals surface area contributed by atoms with Gasteiger partial charge in [-0.2, -0.15) is 0 Å². The first-order valence-corrected chi connectivity index (χ1v) is 7.41. The van der Waals surface area contributed by atoms with Crippen molar-refractivity contribution in [2.75, 3.05) is 6.54 Å². The molecule has 0 bridgehead atoms. The van der Waals surface area contributed by atoms with E-state index < -0.39 is 0 Å². The van der Waals surface area contributed by atoms with Crippen molar-refractivity contribution in [2.45, 2.75) is 6.42 Å². The zero-order valence-electron chi connectivity index (χ0n) is 12.3. The Bertz CT molecular complexity index is 1050. The highest BCUT2D eigenvalue weighted by molar-refractivity contribution is 6.06. The van der Waals surface area contributed by atoms with Crippen LogP contribution in [0.3, 0.4) is 0 Å². The number of aromatic amines is 2. The van der Waals surface area contributed by atoms with Gasteiger partial charge in [-0.1, -0.05) is 0 Å². The number of hydrogen-bond donors (Lipinski definition) is 3. The number of nitrogens with one attached hydrogen (secondary N) is 2. The van der Waals surface area contributed by atoms with Gasteiger partial charge in [0.2, 0.25) is 0 Å². The Morgan fingerprint density at radius 3 is 2.91 bits per heavy atom. The molecule has 4 aromatic rings. The highest BCUT2D eigenvalue weighted by atomic mass is 16.1. The predicted octanol–water partition coefficient (Wildman–Crippen LogP) is 1.97. The van der Waals surface area contributed by atoms with E-state index in [1.54, 1.807) is 18.5 Å². The summed E-state index contributed by atoms with van der Waals surface area (Å²) < 4.78 is 0. The summed E-state index contributed by atoms with van der Waals surface area (Å²) in [5.74, 6) is 0.517. The molecule has 0 amide bonds. The SMILES string of the molecule is NCCc1c[nH]c2ccc3c(=O)[nH]c(-c4cccnc4)nc3c12. The Balaban J connectivity index is 2.08. The van der Waals surface area contributed by atoms with E-state index in [1.165, 1.54) is 0 Å². The summed E-state index contributed by atoms with van der Waals surface area (Å²) in [6.45, 7) is 0.544. The lowest BCUT2D eigenvalue weighted by atomic mass is 10.1. The van der Waals surface area contributed by atoms with Crippen molar-refractivity contribution in [3.63, 3.8) is 0 Å². The van der Waals surface area contributed by atoms with Crippen molar-refractivity contribution in [1.29, 1.82) is 0 Å². The molecule has 0 atom stereocenters. The molecular formula is C17H15N5O.